The van der Waals surface area contributed by atoms with E-state index in [1.807, 2.05) is 6.92 Å². The second-order valence-corrected chi connectivity index (χ2v) is 4.60. The van der Waals surface area contributed by atoms with E-state index in [9.17, 15) is 13.2 Å². The number of rotatable bonds is 1. The first kappa shape index (κ1) is 10.5. The van der Waals surface area contributed by atoms with Gasteiger partial charge >= 0.3 is 5.12 Å². The smallest absolute Gasteiger partial charge is 0.266 e. The largest absolute Gasteiger partial charge is 0.324 e. The molecule has 72 valence electrons. The molecule has 0 aliphatic carbocycles. The van der Waals surface area contributed by atoms with Gasteiger partial charge in [-0.15, -0.1) is 6.42 Å². The summed E-state index contributed by atoms with van der Waals surface area (Å²) >= 11 is 0. The Bertz CT molecular complexity index is 489. The van der Waals surface area contributed by atoms with E-state index in [0.717, 1.165) is 5.56 Å². The maximum atomic E-state index is 11.4. The van der Waals surface area contributed by atoms with Crippen LogP contribution in [-0.4, -0.2) is 13.5 Å². The number of hydrogen-bond acceptors (Lipinski definition) is 3. The third-order valence-corrected chi connectivity index (χ3v) is 3.19. The summed E-state index contributed by atoms with van der Waals surface area (Å²) < 4.78 is 22.8. The summed E-state index contributed by atoms with van der Waals surface area (Å²) in [5.74, 6) is 1.59. The highest BCUT2D eigenvalue weighted by Crippen LogP contribution is 2.12. The monoisotopic (exact) mass is 208 g/mol. The number of sulfone groups is 1. The molecule has 14 heavy (non-hydrogen) atoms. The minimum Gasteiger partial charge on any atom is -0.266 e. The zero-order valence-electron chi connectivity index (χ0n) is 7.52. The Morgan fingerprint density at radius 3 is 2.21 bits per heavy atom. The molecule has 0 bridgehead atoms. The molecule has 1 aromatic carbocycles. The molecule has 0 saturated carbocycles. The zero-order chi connectivity index (χ0) is 10.8. The van der Waals surface area contributed by atoms with Gasteiger partial charge in [0.1, 0.15) is 0 Å². The van der Waals surface area contributed by atoms with Crippen LogP contribution in [0, 0.1) is 19.3 Å². The fraction of sp³-hybridized carbons (Fsp3) is 0.100. The van der Waals surface area contributed by atoms with Crippen molar-refractivity contribution in [2.45, 2.75) is 11.8 Å². The molecule has 0 unspecified atom stereocenters. The molecule has 0 aromatic heterocycles. The molecule has 1 rings (SSSR count). The molecule has 1 aromatic rings. The predicted octanol–water partition coefficient (Wildman–Crippen LogP) is 0.929. The highest BCUT2D eigenvalue weighted by molar-refractivity contribution is 8.06. The molecule has 0 spiro atoms. The minimum atomic E-state index is -3.98. The Morgan fingerprint density at radius 2 is 1.79 bits per heavy atom. The number of carbonyl (C=O) groups is 1. The average molecular weight is 208 g/mol. The summed E-state index contributed by atoms with van der Waals surface area (Å²) in [5, 5.41) is -1.21. The van der Waals surface area contributed by atoms with Crippen LogP contribution >= 0.6 is 0 Å². The summed E-state index contributed by atoms with van der Waals surface area (Å²) in [7, 11) is -3.98. The van der Waals surface area contributed by atoms with Crippen LogP contribution in [0.5, 0.6) is 0 Å². The van der Waals surface area contributed by atoms with Gasteiger partial charge in [0.15, 0.2) is 0 Å². The lowest BCUT2D eigenvalue weighted by atomic mass is 10.2. The van der Waals surface area contributed by atoms with E-state index in [4.69, 9.17) is 6.42 Å². The molecule has 0 amide bonds. The van der Waals surface area contributed by atoms with Gasteiger partial charge in [0.05, 0.1) is 4.90 Å². The molecule has 0 heterocycles. The molecule has 0 aliphatic heterocycles. The number of benzene rings is 1. The van der Waals surface area contributed by atoms with Crippen LogP contribution in [0.1, 0.15) is 5.56 Å². The van der Waals surface area contributed by atoms with Crippen molar-refractivity contribution in [3.05, 3.63) is 29.8 Å². The predicted molar refractivity (Wildman–Crippen MR) is 52.2 cm³/mol. The van der Waals surface area contributed by atoms with Gasteiger partial charge < -0.3 is 0 Å². The van der Waals surface area contributed by atoms with Crippen molar-refractivity contribution in [2.75, 3.05) is 0 Å². The van der Waals surface area contributed by atoms with Crippen molar-refractivity contribution in [3.63, 3.8) is 0 Å². The van der Waals surface area contributed by atoms with Crippen LogP contribution in [0.25, 0.3) is 0 Å². The van der Waals surface area contributed by atoms with Gasteiger partial charge in [0, 0.05) is 0 Å². The molecule has 0 N–H and O–H groups in total. The molecule has 0 radical (unpaired) electrons. The molecule has 0 saturated heterocycles. The first-order valence-corrected chi connectivity index (χ1v) is 5.29. The summed E-state index contributed by atoms with van der Waals surface area (Å²) in [6, 6.07) is 5.94. The maximum Gasteiger partial charge on any atom is 0.324 e. The number of hydrogen-bond donors (Lipinski definition) is 0. The van der Waals surface area contributed by atoms with Gasteiger partial charge in [0.2, 0.25) is 0 Å². The fourth-order valence-corrected chi connectivity index (χ4v) is 1.77. The first-order chi connectivity index (χ1) is 6.48. The van der Waals surface area contributed by atoms with Crippen molar-refractivity contribution in [1.82, 2.24) is 0 Å². The second kappa shape index (κ2) is 3.64. The minimum absolute atomic E-state index is 0.0638. The Morgan fingerprint density at radius 1 is 1.29 bits per heavy atom. The van der Waals surface area contributed by atoms with Crippen LogP contribution in [-0.2, 0) is 14.6 Å². The van der Waals surface area contributed by atoms with Crippen LogP contribution in [0.15, 0.2) is 29.2 Å². The Balaban J connectivity index is 3.26. The highest BCUT2D eigenvalue weighted by Gasteiger charge is 2.22. The topological polar surface area (TPSA) is 51.2 Å². The van der Waals surface area contributed by atoms with E-state index in [0.29, 0.717) is 0 Å². The number of aryl methyl sites for hydroxylation is 1. The lowest BCUT2D eigenvalue weighted by molar-refractivity contribution is -0.107. The zero-order valence-corrected chi connectivity index (χ0v) is 8.34. The molecule has 4 heteroatoms. The fourth-order valence-electron chi connectivity index (χ4n) is 0.902. The van der Waals surface area contributed by atoms with Gasteiger partial charge in [-0.05, 0) is 25.0 Å². The summed E-state index contributed by atoms with van der Waals surface area (Å²) in [5.41, 5.74) is 0.914. The Hall–Kier alpha value is -1.60. The van der Waals surface area contributed by atoms with Crippen molar-refractivity contribution >= 4 is 15.0 Å². The van der Waals surface area contributed by atoms with Crippen LogP contribution in [0.4, 0.5) is 0 Å². The lowest BCUT2D eigenvalue weighted by Crippen LogP contribution is -2.12. The van der Waals surface area contributed by atoms with E-state index >= 15 is 0 Å². The SMILES string of the molecule is C#CC(=O)S(=O)(=O)c1ccc(C)cc1. The molecule has 0 aliphatic rings. The third-order valence-electron chi connectivity index (χ3n) is 1.69. The first-order valence-electron chi connectivity index (χ1n) is 3.81. The normalized spacial score (nSPS) is 10.6. The van der Waals surface area contributed by atoms with E-state index < -0.39 is 15.0 Å². The van der Waals surface area contributed by atoms with Gasteiger partial charge in [0.25, 0.3) is 9.84 Å². The van der Waals surface area contributed by atoms with E-state index in [1.165, 1.54) is 12.1 Å². The standard InChI is InChI=1S/C10H8O3S/c1-3-10(11)14(12,13)9-6-4-8(2)5-7-9/h1,4-7H,2H3. The summed E-state index contributed by atoms with van der Waals surface area (Å²) in [6.07, 6.45) is 4.75. The van der Waals surface area contributed by atoms with Crippen molar-refractivity contribution in [3.8, 4) is 12.3 Å². The van der Waals surface area contributed by atoms with Crippen LogP contribution < -0.4 is 0 Å². The van der Waals surface area contributed by atoms with Gasteiger partial charge in [-0.3, -0.25) is 4.79 Å². The van der Waals surface area contributed by atoms with Crippen molar-refractivity contribution in [2.24, 2.45) is 0 Å². The van der Waals surface area contributed by atoms with Gasteiger partial charge in [-0.2, -0.15) is 0 Å². The van der Waals surface area contributed by atoms with Gasteiger partial charge in [-0.1, -0.05) is 17.7 Å². The van der Waals surface area contributed by atoms with E-state index in [2.05, 4.69) is 0 Å². The second-order valence-electron chi connectivity index (χ2n) is 2.75. The van der Waals surface area contributed by atoms with Crippen molar-refractivity contribution in [1.29, 1.82) is 0 Å². The third kappa shape index (κ3) is 1.83. The van der Waals surface area contributed by atoms with Crippen LogP contribution in [0.2, 0.25) is 0 Å². The van der Waals surface area contributed by atoms with E-state index in [-0.39, 0.29) is 4.90 Å². The van der Waals surface area contributed by atoms with Crippen molar-refractivity contribution < 1.29 is 13.2 Å². The molecule has 0 fully saturated rings. The number of terminal acetylenes is 1. The quantitative estimate of drug-likeness (QED) is 0.645. The van der Waals surface area contributed by atoms with Gasteiger partial charge in [-0.25, -0.2) is 8.42 Å². The average Bonchev–Trinajstić information content (AvgIpc) is 2.17. The highest BCUT2D eigenvalue weighted by atomic mass is 32.2. The van der Waals surface area contributed by atoms with Crippen LogP contribution in [0.3, 0.4) is 0 Å². The molecular weight excluding hydrogens is 200 g/mol. The molecular formula is C10H8O3S. The van der Waals surface area contributed by atoms with E-state index in [1.54, 1.807) is 18.1 Å². The Kier molecular flexibility index (Phi) is 2.73. The summed E-state index contributed by atoms with van der Waals surface area (Å²) in [6.45, 7) is 1.82. The maximum absolute atomic E-state index is 11.4. The Labute approximate surface area is 82.7 Å². The molecule has 0 atom stereocenters. The number of carbonyl (C=O) groups excluding carboxylic acids is 1. The summed E-state index contributed by atoms with van der Waals surface area (Å²) in [4.78, 5) is 10.8. The molecule has 3 nitrogen and oxygen atoms in total. The lowest BCUT2D eigenvalue weighted by Gasteiger charge is -1.98.